The molecule has 0 spiro atoms. The molecule has 2 N–H and O–H groups in total. The van der Waals surface area contributed by atoms with Crippen molar-refractivity contribution in [2.24, 2.45) is 0 Å². The van der Waals surface area contributed by atoms with Gasteiger partial charge in [-0.05, 0) is 56.2 Å². The molecule has 3 rings (SSSR count). The largest absolute Gasteiger partial charge is 0.346 e. The van der Waals surface area contributed by atoms with Crippen LogP contribution in [-0.4, -0.2) is 14.3 Å². The van der Waals surface area contributed by atoms with Gasteiger partial charge in [-0.1, -0.05) is 54.1 Å². The number of carbonyl (C=O) groups is 1. The van der Waals surface area contributed by atoms with Crippen molar-refractivity contribution < 1.29 is 13.2 Å². The molecule has 0 saturated heterocycles. The van der Waals surface area contributed by atoms with E-state index < -0.39 is 10.0 Å². The number of anilines is 1. The first-order valence-electron chi connectivity index (χ1n) is 9.33. The Labute approximate surface area is 171 Å². The molecule has 1 amide bonds. The average Bonchev–Trinajstić information content (AvgIpc) is 2.70. The Bertz CT molecular complexity index is 1110. The second kappa shape index (κ2) is 8.49. The monoisotopic (exact) mass is 408 g/mol. The maximum absolute atomic E-state index is 12.8. The summed E-state index contributed by atoms with van der Waals surface area (Å²) in [5.41, 5.74) is 3.35. The summed E-state index contributed by atoms with van der Waals surface area (Å²) < 4.78 is 28.0. The third-order valence-corrected chi connectivity index (χ3v) is 6.18. The highest BCUT2D eigenvalue weighted by Crippen LogP contribution is 2.23. The van der Waals surface area contributed by atoms with Crippen LogP contribution in [0.1, 0.15) is 40.0 Å². The van der Waals surface area contributed by atoms with Gasteiger partial charge in [0.2, 0.25) is 0 Å². The van der Waals surface area contributed by atoms with E-state index in [4.69, 9.17) is 0 Å². The van der Waals surface area contributed by atoms with E-state index in [1.807, 2.05) is 44.2 Å². The van der Waals surface area contributed by atoms with Crippen molar-refractivity contribution in [1.29, 1.82) is 0 Å². The van der Waals surface area contributed by atoms with Crippen molar-refractivity contribution in [1.82, 2.24) is 5.32 Å². The number of amides is 1. The molecule has 1 atom stereocenters. The molecule has 150 valence electrons. The van der Waals surface area contributed by atoms with Crippen LogP contribution in [0, 0.1) is 13.8 Å². The maximum atomic E-state index is 12.8. The fourth-order valence-corrected chi connectivity index (χ4v) is 4.14. The average molecular weight is 409 g/mol. The highest BCUT2D eigenvalue weighted by Gasteiger charge is 2.19. The van der Waals surface area contributed by atoms with Gasteiger partial charge < -0.3 is 5.32 Å². The van der Waals surface area contributed by atoms with Gasteiger partial charge in [-0.2, -0.15) is 0 Å². The summed E-state index contributed by atoms with van der Waals surface area (Å²) in [6, 6.07) is 21.1. The Morgan fingerprint density at radius 2 is 1.52 bits per heavy atom. The SMILES string of the molecule is Cc1ccc(S(=O)(=O)Nc2cccc(C(=O)N[C@H](C)c3ccccc3)c2C)cc1. The molecular weight excluding hydrogens is 384 g/mol. The van der Waals surface area contributed by atoms with E-state index in [9.17, 15) is 13.2 Å². The fraction of sp³-hybridized carbons (Fsp3) is 0.174. The van der Waals surface area contributed by atoms with Crippen molar-refractivity contribution in [3.63, 3.8) is 0 Å². The third-order valence-electron chi connectivity index (χ3n) is 4.80. The van der Waals surface area contributed by atoms with Gasteiger partial charge in [0.15, 0.2) is 0 Å². The number of nitrogens with one attached hydrogen (secondary N) is 2. The fourth-order valence-electron chi connectivity index (χ4n) is 3.01. The van der Waals surface area contributed by atoms with E-state index in [0.29, 0.717) is 16.8 Å². The molecule has 29 heavy (non-hydrogen) atoms. The number of carbonyl (C=O) groups excluding carboxylic acids is 1. The first-order valence-corrected chi connectivity index (χ1v) is 10.8. The van der Waals surface area contributed by atoms with Crippen LogP contribution in [0.15, 0.2) is 77.7 Å². The number of hydrogen-bond donors (Lipinski definition) is 2. The lowest BCUT2D eigenvalue weighted by Crippen LogP contribution is -2.27. The molecule has 3 aromatic carbocycles. The Kier molecular flexibility index (Phi) is 6.03. The molecule has 3 aromatic rings. The zero-order chi connectivity index (χ0) is 21.0. The van der Waals surface area contributed by atoms with Gasteiger partial charge in [0.25, 0.3) is 15.9 Å². The van der Waals surface area contributed by atoms with Crippen LogP contribution in [0.2, 0.25) is 0 Å². The number of aryl methyl sites for hydroxylation is 1. The van der Waals surface area contributed by atoms with E-state index in [1.54, 1.807) is 49.4 Å². The zero-order valence-corrected chi connectivity index (χ0v) is 17.5. The van der Waals surface area contributed by atoms with Gasteiger partial charge in [-0.25, -0.2) is 8.42 Å². The first-order chi connectivity index (χ1) is 13.8. The van der Waals surface area contributed by atoms with E-state index in [2.05, 4.69) is 10.0 Å². The number of hydrogen-bond acceptors (Lipinski definition) is 3. The molecule has 0 saturated carbocycles. The van der Waals surface area contributed by atoms with E-state index >= 15 is 0 Å². The molecule has 0 bridgehead atoms. The van der Waals surface area contributed by atoms with Crippen molar-refractivity contribution in [3.05, 3.63) is 95.1 Å². The summed E-state index contributed by atoms with van der Waals surface area (Å²) in [6.45, 7) is 5.54. The highest BCUT2D eigenvalue weighted by molar-refractivity contribution is 7.92. The molecule has 0 aliphatic carbocycles. The molecule has 0 fully saturated rings. The number of sulfonamides is 1. The van der Waals surface area contributed by atoms with E-state index in [1.165, 1.54) is 0 Å². The molecular formula is C23H24N2O3S. The summed E-state index contributed by atoms with van der Waals surface area (Å²) in [5.74, 6) is -0.254. The minimum atomic E-state index is -3.74. The van der Waals surface area contributed by atoms with Crippen molar-refractivity contribution in [2.75, 3.05) is 4.72 Å². The summed E-state index contributed by atoms with van der Waals surface area (Å²) in [5, 5.41) is 2.97. The van der Waals surface area contributed by atoms with Crippen LogP contribution in [0.5, 0.6) is 0 Å². The summed E-state index contributed by atoms with van der Waals surface area (Å²) >= 11 is 0. The van der Waals surface area contributed by atoms with Gasteiger partial charge in [0.05, 0.1) is 16.6 Å². The molecule has 0 aromatic heterocycles. The molecule has 0 heterocycles. The number of rotatable bonds is 6. The minimum Gasteiger partial charge on any atom is -0.346 e. The van der Waals surface area contributed by atoms with E-state index in [-0.39, 0.29) is 16.8 Å². The van der Waals surface area contributed by atoms with Gasteiger partial charge in [-0.3, -0.25) is 9.52 Å². The Hall–Kier alpha value is -3.12. The maximum Gasteiger partial charge on any atom is 0.261 e. The normalized spacial score (nSPS) is 12.2. The minimum absolute atomic E-state index is 0.170. The zero-order valence-electron chi connectivity index (χ0n) is 16.6. The molecule has 0 aliphatic rings. The van der Waals surface area contributed by atoms with Crippen LogP contribution in [0.3, 0.4) is 0 Å². The topological polar surface area (TPSA) is 75.3 Å². The molecule has 0 aliphatic heterocycles. The second-order valence-electron chi connectivity index (χ2n) is 7.00. The quantitative estimate of drug-likeness (QED) is 0.626. The Morgan fingerprint density at radius 3 is 2.17 bits per heavy atom. The summed E-state index contributed by atoms with van der Waals surface area (Å²) in [7, 11) is -3.74. The molecule has 0 radical (unpaired) electrons. The lowest BCUT2D eigenvalue weighted by atomic mass is 10.0. The van der Waals surface area contributed by atoms with Crippen molar-refractivity contribution >= 4 is 21.6 Å². The molecule has 6 heteroatoms. The van der Waals surface area contributed by atoms with Crippen molar-refractivity contribution in [3.8, 4) is 0 Å². The van der Waals surface area contributed by atoms with E-state index in [0.717, 1.165) is 11.1 Å². The molecule has 0 unspecified atom stereocenters. The van der Waals surface area contributed by atoms with Crippen LogP contribution in [0.4, 0.5) is 5.69 Å². The Balaban J connectivity index is 1.82. The standard InChI is InChI=1S/C23H24N2O3S/c1-16-12-14-20(15-13-16)29(27,28)25-22-11-7-10-21(17(22)2)23(26)24-18(3)19-8-5-4-6-9-19/h4-15,18,25H,1-3H3,(H,24,26)/t18-/m1/s1. The highest BCUT2D eigenvalue weighted by atomic mass is 32.2. The lowest BCUT2D eigenvalue weighted by molar-refractivity contribution is 0.0939. The van der Waals surface area contributed by atoms with Crippen LogP contribution in [0.25, 0.3) is 0 Å². The smallest absolute Gasteiger partial charge is 0.261 e. The first kappa shape index (κ1) is 20.6. The van der Waals surface area contributed by atoms with Gasteiger partial charge in [0, 0.05) is 5.56 Å². The second-order valence-corrected chi connectivity index (χ2v) is 8.68. The van der Waals surface area contributed by atoms with Gasteiger partial charge in [0.1, 0.15) is 0 Å². The number of benzene rings is 3. The van der Waals surface area contributed by atoms with Crippen molar-refractivity contribution in [2.45, 2.75) is 31.7 Å². The summed E-state index contributed by atoms with van der Waals surface area (Å²) in [6.07, 6.45) is 0. The molecule has 5 nitrogen and oxygen atoms in total. The van der Waals surface area contributed by atoms with Crippen LogP contribution >= 0.6 is 0 Å². The lowest BCUT2D eigenvalue weighted by Gasteiger charge is -2.17. The predicted molar refractivity (Wildman–Crippen MR) is 115 cm³/mol. The van der Waals surface area contributed by atoms with Gasteiger partial charge >= 0.3 is 0 Å². The summed E-state index contributed by atoms with van der Waals surface area (Å²) in [4.78, 5) is 13.0. The van der Waals surface area contributed by atoms with Crippen LogP contribution in [-0.2, 0) is 10.0 Å². The Morgan fingerprint density at radius 1 is 0.862 bits per heavy atom. The van der Waals surface area contributed by atoms with Gasteiger partial charge in [-0.15, -0.1) is 0 Å². The predicted octanol–water partition coefficient (Wildman–Crippen LogP) is 4.60. The third kappa shape index (κ3) is 4.84. The van der Waals surface area contributed by atoms with Crippen LogP contribution < -0.4 is 10.0 Å².